The summed E-state index contributed by atoms with van der Waals surface area (Å²) in [5.41, 5.74) is 2.05. The van der Waals surface area contributed by atoms with E-state index in [4.69, 9.17) is 0 Å². The summed E-state index contributed by atoms with van der Waals surface area (Å²) >= 11 is 0. The lowest BCUT2D eigenvalue weighted by Crippen LogP contribution is -2.15. The molecule has 3 heterocycles. The van der Waals surface area contributed by atoms with Gasteiger partial charge in [0.2, 0.25) is 0 Å². The number of carbonyl (C=O) groups is 1. The number of fused-ring (bicyclic) bond motifs is 1. The van der Waals surface area contributed by atoms with Crippen molar-refractivity contribution in [3.8, 4) is 11.1 Å². The topological polar surface area (TPSA) is 79.8 Å². The Morgan fingerprint density at radius 1 is 1.16 bits per heavy atom. The molecular formula is C19H19N5O. The van der Waals surface area contributed by atoms with Crippen LogP contribution in [0.2, 0.25) is 0 Å². The molecule has 3 aromatic rings. The van der Waals surface area contributed by atoms with Crippen LogP contribution in [0.5, 0.6) is 0 Å². The SMILES string of the molecule is CNc1ncc(-c2ccncc2)c2cc(NCC(=O)C3CC3)ncc12. The number of carbonyl (C=O) groups excluding carboxylic acids is 1. The molecule has 1 aliphatic carbocycles. The van der Waals surface area contributed by atoms with Gasteiger partial charge < -0.3 is 10.6 Å². The number of hydrogen-bond acceptors (Lipinski definition) is 6. The van der Waals surface area contributed by atoms with Gasteiger partial charge in [-0.1, -0.05) is 0 Å². The predicted octanol–water partition coefficient (Wildman–Crippen LogP) is 3.12. The maximum Gasteiger partial charge on any atom is 0.154 e. The van der Waals surface area contributed by atoms with Gasteiger partial charge in [-0.05, 0) is 42.0 Å². The van der Waals surface area contributed by atoms with Gasteiger partial charge in [-0.25, -0.2) is 9.97 Å². The van der Waals surface area contributed by atoms with Gasteiger partial charge in [0.1, 0.15) is 11.6 Å². The average Bonchev–Trinajstić information content (AvgIpc) is 3.51. The molecule has 0 spiro atoms. The summed E-state index contributed by atoms with van der Waals surface area (Å²) in [6.07, 6.45) is 9.22. The van der Waals surface area contributed by atoms with Gasteiger partial charge in [0.25, 0.3) is 0 Å². The Morgan fingerprint density at radius 2 is 1.96 bits per heavy atom. The Kier molecular flexibility index (Phi) is 4.01. The smallest absolute Gasteiger partial charge is 0.154 e. The van der Waals surface area contributed by atoms with Crippen LogP contribution in [0, 0.1) is 5.92 Å². The van der Waals surface area contributed by atoms with E-state index in [-0.39, 0.29) is 11.7 Å². The average molecular weight is 333 g/mol. The molecule has 0 saturated heterocycles. The molecule has 1 fully saturated rings. The first-order chi connectivity index (χ1) is 12.3. The molecular weight excluding hydrogens is 314 g/mol. The van der Waals surface area contributed by atoms with Gasteiger partial charge >= 0.3 is 0 Å². The second kappa shape index (κ2) is 6.47. The maximum atomic E-state index is 11.9. The molecule has 4 rings (SSSR count). The largest absolute Gasteiger partial charge is 0.373 e. The number of nitrogens with zero attached hydrogens (tertiary/aromatic N) is 3. The van der Waals surface area contributed by atoms with Crippen molar-refractivity contribution in [2.24, 2.45) is 5.92 Å². The van der Waals surface area contributed by atoms with E-state index in [1.165, 1.54) is 0 Å². The monoisotopic (exact) mass is 333 g/mol. The third-order valence-electron chi connectivity index (χ3n) is 4.48. The van der Waals surface area contributed by atoms with Crippen LogP contribution in [0.3, 0.4) is 0 Å². The van der Waals surface area contributed by atoms with Crippen LogP contribution >= 0.6 is 0 Å². The van der Waals surface area contributed by atoms with Crippen molar-refractivity contribution in [3.63, 3.8) is 0 Å². The van der Waals surface area contributed by atoms with E-state index >= 15 is 0 Å². The van der Waals surface area contributed by atoms with E-state index in [9.17, 15) is 4.79 Å². The highest BCUT2D eigenvalue weighted by Crippen LogP contribution is 2.33. The molecule has 0 aliphatic heterocycles. The number of ketones is 1. The first-order valence-electron chi connectivity index (χ1n) is 8.40. The van der Waals surface area contributed by atoms with Crippen molar-refractivity contribution in [2.45, 2.75) is 12.8 Å². The summed E-state index contributed by atoms with van der Waals surface area (Å²) in [5, 5.41) is 8.23. The molecule has 0 bridgehead atoms. The van der Waals surface area contributed by atoms with E-state index in [1.807, 2.05) is 31.4 Å². The highest BCUT2D eigenvalue weighted by Gasteiger charge is 2.28. The zero-order valence-electron chi connectivity index (χ0n) is 14.0. The number of Topliss-reactive ketones (excluding diaryl/α,β-unsaturated/α-hetero) is 1. The third-order valence-corrected chi connectivity index (χ3v) is 4.48. The van der Waals surface area contributed by atoms with Gasteiger partial charge in [0.15, 0.2) is 5.78 Å². The van der Waals surface area contributed by atoms with Gasteiger partial charge in [-0.3, -0.25) is 9.78 Å². The van der Waals surface area contributed by atoms with E-state index in [0.29, 0.717) is 12.4 Å². The van der Waals surface area contributed by atoms with E-state index < -0.39 is 0 Å². The van der Waals surface area contributed by atoms with Crippen LogP contribution in [0.15, 0.2) is 43.0 Å². The van der Waals surface area contributed by atoms with Crippen LogP contribution in [-0.4, -0.2) is 34.3 Å². The lowest BCUT2D eigenvalue weighted by molar-refractivity contribution is -0.118. The number of aromatic nitrogens is 3. The van der Waals surface area contributed by atoms with Gasteiger partial charge in [-0.15, -0.1) is 0 Å². The summed E-state index contributed by atoms with van der Waals surface area (Å²) in [6, 6.07) is 5.90. The number of nitrogens with one attached hydrogen (secondary N) is 2. The summed E-state index contributed by atoms with van der Waals surface area (Å²) in [5.74, 6) is 1.99. The van der Waals surface area contributed by atoms with Crippen molar-refractivity contribution >= 4 is 28.2 Å². The zero-order valence-corrected chi connectivity index (χ0v) is 14.0. The molecule has 6 nitrogen and oxygen atoms in total. The third kappa shape index (κ3) is 3.15. The molecule has 0 atom stereocenters. The van der Waals surface area contributed by atoms with Gasteiger partial charge in [0.05, 0.1) is 6.54 Å². The maximum absolute atomic E-state index is 11.9. The summed E-state index contributed by atoms with van der Waals surface area (Å²) in [4.78, 5) is 24.9. The first-order valence-corrected chi connectivity index (χ1v) is 8.40. The minimum Gasteiger partial charge on any atom is -0.373 e. The Bertz CT molecular complexity index is 922. The van der Waals surface area contributed by atoms with E-state index in [1.54, 1.807) is 18.6 Å². The van der Waals surface area contributed by atoms with Crippen LogP contribution in [0.1, 0.15) is 12.8 Å². The molecule has 126 valence electrons. The van der Waals surface area contributed by atoms with Crippen LogP contribution in [-0.2, 0) is 4.79 Å². The number of pyridine rings is 3. The van der Waals surface area contributed by atoms with Gasteiger partial charge in [-0.2, -0.15) is 0 Å². The molecule has 6 heteroatoms. The minimum absolute atomic E-state index is 0.250. The van der Waals surface area contributed by atoms with E-state index in [2.05, 4.69) is 25.6 Å². The fraction of sp³-hybridized carbons (Fsp3) is 0.263. The molecule has 0 aromatic carbocycles. The molecule has 0 radical (unpaired) electrons. The quantitative estimate of drug-likeness (QED) is 0.721. The highest BCUT2D eigenvalue weighted by molar-refractivity contribution is 6.02. The Hall–Kier alpha value is -3.02. The second-order valence-corrected chi connectivity index (χ2v) is 6.22. The summed E-state index contributed by atoms with van der Waals surface area (Å²) in [7, 11) is 1.84. The highest BCUT2D eigenvalue weighted by atomic mass is 16.1. The number of rotatable bonds is 6. The second-order valence-electron chi connectivity index (χ2n) is 6.22. The molecule has 3 aromatic heterocycles. The molecule has 0 unspecified atom stereocenters. The normalized spacial score (nSPS) is 13.6. The fourth-order valence-electron chi connectivity index (χ4n) is 2.92. The Morgan fingerprint density at radius 3 is 2.68 bits per heavy atom. The lowest BCUT2D eigenvalue weighted by Gasteiger charge is -2.12. The van der Waals surface area contributed by atoms with Crippen molar-refractivity contribution in [3.05, 3.63) is 43.0 Å². The summed E-state index contributed by atoms with van der Waals surface area (Å²) < 4.78 is 0. The van der Waals surface area contributed by atoms with Crippen molar-refractivity contribution in [1.82, 2.24) is 15.0 Å². The van der Waals surface area contributed by atoms with E-state index in [0.717, 1.165) is 40.6 Å². The minimum atomic E-state index is 0.250. The number of anilines is 2. The van der Waals surface area contributed by atoms with Crippen molar-refractivity contribution in [2.75, 3.05) is 24.2 Å². The van der Waals surface area contributed by atoms with Crippen molar-refractivity contribution in [1.29, 1.82) is 0 Å². The molecule has 0 amide bonds. The molecule has 1 saturated carbocycles. The number of hydrogen-bond donors (Lipinski definition) is 2. The molecule has 2 N–H and O–H groups in total. The Balaban J connectivity index is 1.74. The zero-order chi connectivity index (χ0) is 17.2. The van der Waals surface area contributed by atoms with Crippen LogP contribution in [0.25, 0.3) is 21.9 Å². The standard InChI is InChI=1S/C19H19N5O/c1-20-19-16-10-22-18(23-11-17(25)13-2-3-13)8-14(16)15(9-24-19)12-4-6-21-7-5-12/h4-10,13H,2-3,11H2,1H3,(H,20,24)(H,22,23). The van der Waals surface area contributed by atoms with Gasteiger partial charge in [0, 0.05) is 48.7 Å². The molecule has 25 heavy (non-hydrogen) atoms. The predicted molar refractivity (Wildman–Crippen MR) is 98.5 cm³/mol. The lowest BCUT2D eigenvalue weighted by atomic mass is 10.0. The van der Waals surface area contributed by atoms with Crippen LogP contribution < -0.4 is 10.6 Å². The fourth-order valence-corrected chi connectivity index (χ4v) is 2.92. The van der Waals surface area contributed by atoms with Crippen molar-refractivity contribution < 1.29 is 4.79 Å². The summed E-state index contributed by atoms with van der Waals surface area (Å²) in [6.45, 7) is 0.331. The Labute approximate surface area is 145 Å². The molecule has 1 aliphatic rings. The van der Waals surface area contributed by atoms with Crippen LogP contribution in [0.4, 0.5) is 11.6 Å². The first kappa shape index (κ1) is 15.5.